The Morgan fingerprint density at radius 2 is 1.59 bits per heavy atom. The minimum absolute atomic E-state index is 0.0922. The molecule has 22 heavy (non-hydrogen) atoms. The van der Waals surface area contributed by atoms with Crippen LogP contribution in [0.5, 0.6) is 0 Å². The Labute approximate surface area is 138 Å². The number of nitrogens with one attached hydrogen (secondary N) is 2. The van der Waals surface area contributed by atoms with E-state index in [1.54, 1.807) is 12.1 Å². The summed E-state index contributed by atoms with van der Waals surface area (Å²) in [5.41, 5.74) is 3.18. The number of amides is 2. The summed E-state index contributed by atoms with van der Waals surface area (Å²) in [5, 5.41) is 5.63. The van der Waals surface area contributed by atoms with Crippen molar-refractivity contribution in [2.24, 2.45) is 0 Å². The molecule has 0 saturated carbocycles. The molecule has 0 aliphatic carbocycles. The number of hydrogen-bond acceptors (Lipinski definition) is 2. The summed E-state index contributed by atoms with van der Waals surface area (Å²) in [5.74, 6) is -0.230. The van der Waals surface area contributed by atoms with Gasteiger partial charge >= 0.3 is 0 Å². The summed E-state index contributed by atoms with van der Waals surface area (Å²) >= 11 is 3.37. The van der Waals surface area contributed by atoms with Gasteiger partial charge in [-0.25, -0.2) is 0 Å². The number of carbonyl (C=O) groups excluding carboxylic acids is 2. The highest BCUT2D eigenvalue weighted by Crippen LogP contribution is 2.23. The summed E-state index contributed by atoms with van der Waals surface area (Å²) in [6.07, 6.45) is 0.303. The van der Waals surface area contributed by atoms with E-state index in [4.69, 9.17) is 0 Å². The van der Waals surface area contributed by atoms with Gasteiger partial charge in [0, 0.05) is 22.8 Å². The predicted octanol–water partition coefficient (Wildman–Crippen LogP) is 3.90. The van der Waals surface area contributed by atoms with E-state index < -0.39 is 0 Å². The topological polar surface area (TPSA) is 58.2 Å². The lowest BCUT2D eigenvalue weighted by atomic mass is 10.1. The molecular weight excluding hydrogens is 344 g/mol. The Hall–Kier alpha value is -2.14. The zero-order chi connectivity index (χ0) is 16.1. The number of anilines is 2. The van der Waals surface area contributed by atoms with Gasteiger partial charge in [0.2, 0.25) is 11.8 Å². The van der Waals surface area contributed by atoms with Crippen molar-refractivity contribution in [2.45, 2.75) is 20.3 Å². The van der Waals surface area contributed by atoms with Crippen LogP contribution in [0.4, 0.5) is 11.4 Å². The molecule has 0 bridgehead atoms. The molecule has 0 radical (unpaired) electrons. The third-order valence-corrected chi connectivity index (χ3v) is 3.73. The number of hydrogen-bond donors (Lipinski definition) is 2. The van der Waals surface area contributed by atoms with E-state index in [1.165, 1.54) is 6.92 Å². The maximum absolute atomic E-state index is 12.1. The van der Waals surface area contributed by atoms with E-state index in [0.29, 0.717) is 17.8 Å². The van der Waals surface area contributed by atoms with Crippen LogP contribution in [-0.2, 0) is 16.0 Å². The number of rotatable bonds is 4. The van der Waals surface area contributed by atoms with Gasteiger partial charge in [-0.15, -0.1) is 0 Å². The summed E-state index contributed by atoms with van der Waals surface area (Å²) in [7, 11) is 0. The molecule has 0 aliphatic heterocycles. The second-order valence-corrected chi connectivity index (χ2v) is 5.93. The Bertz CT molecular complexity index is 696. The van der Waals surface area contributed by atoms with E-state index in [2.05, 4.69) is 26.6 Å². The maximum Gasteiger partial charge on any atom is 0.228 e. The lowest BCUT2D eigenvalue weighted by Crippen LogP contribution is -2.16. The molecule has 0 heterocycles. The smallest absolute Gasteiger partial charge is 0.228 e. The van der Waals surface area contributed by atoms with Crippen LogP contribution < -0.4 is 10.6 Å². The molecule has 0 aromatic heterocycles. The van der Waals surface area contributed by atoms with Crippen LogP contribution in [0.1, 0.15) is 18.1 Å². The van der Waals surface area contributed by atoms with Crippen molar-refractivity contribution in [1.29, 1.82) is 0 Å². The molecule has 2 amide bonds. The van der Waals surface area contributed by atoms with Crippen molar-refractivity contribution in [1.82, 2.24) is 0 Å². The molecule has 0 atom stereocenters. The van der Waals surface area contributed by atoms with Gasteiger partial charge < -0.3 is 10.6 Å². The van der Waals surface area contributed by atoms with E-state index in [1.807, 2.05) is 37.3 Å². The van der Waals surface area contributed by atoms with Gasteiger partial charge in [-0.3, -0.25) is 9.59 Å². The van der Waals surface area contributed by atoms with Crippen LogP contribution in [0.15, 0.2) is 46.9 Å². The minimum Gasteiger partial charge on any atom is -0.326 e. The predicted molar refractivity (Wildman–Crippen MR) is 92.0 cm³/mol. The van der Waals surface area contributed by atoms with Crippen LogP contribution in [0.3, 0.4) is 0 Å². The van der Waals surface area contributed by atoms with Gasteiger partial charge in [0.25, 0.3) is 0 Å². The zero-order valence-electron chi connectivity index (χ0n) is 12.4. The molecule has 2 aromatic carbocycles. The third kappa shape index (κ3) is 4.43. The number of halogens is 1. The lowest BCUT2D eigenvalue weighted by molar-refractivity contribution is -0.115. The highest BCUT2D eigenvalue weighted by Gasteiger charge is 2.09. The van der Waals surface area contributed by atoms with Crippen molar-refractivity contribution < 1.29 is 9.59 Å². The average Bonchev–Trinajstić information content (AvgIpc) is 2.45. The van der Waals surface area contributed by atoms with Crippen LogP contribution in [0, 0.1) is 6.92 Å². The molecule has 0 aliphatic rings. The Balaban J connectivity index is 2.08. The average molecular weight is 361 g/mol. The Kier molecular flexibility index (Phi) is 5.33. The first-order valence-corrected chi connectivity index (χ1v) is 7.66. The monoisotopic (exact) mass is 360 g/mol. The Morgan fingerprint density at radius 1 is 1.00 bits per heavy atom. The van der Waals surface area contributed by atoms with Crippen LogP contribution >= 0.6 is 15.9 Å². The summed E-state index contributed by atoms with van der Waals surface area (Å²) in [4.78, 5) is 23.3. The molecule has 0 fully saturated rings. The second kappa shape index (κ2) is 7.22. The first-order valence-electron chi connectivity index (χ1n) is 6.87. The summed E-state index contributed by atoms with van der Waals surface area (Å²) < 4.78 is 0.982. The van der Waals surface area contributed by atoms with Crippen LogP contribution in [-0.4, -0.2) is 11.8 Å². The van der Waals surface area contributed by atoms with Crippen molar-refractivity contribution >= 4 is 39.1 Å². The molecule has 0 saturated heterocycles. The summed E-state index contributed by atoms with van der Waals surface area (Å²) in [6, 6.07) is 13.1. The van der Waals surface area contributed by atoms with E-state index >= 15 is 0 Å². The molecular formula is C17H17BrN2O2. The third-order valence-electron chi connectivity index (χ3n) is 3.20. The molecule has 0 unspecified atom stereocenters. The maximum atomic E-state index is 12.1. The number of carbonyl (C=O) groups is 2. The first-order chi connectivity index (χ1) is 10.5. The van der Waals surface area contributed by atoms with Gasteiger partial charge in [0.1, 0.15) is 0 Å². The van der Waals surface area contributed by atoms with Gasteiger partial charge in [-0.05, 0) is 42.3 Å². The molecule has 4 nitrogen and oxygen atoms in total. The molecule has 5 heteroatoms. The molecule has 2 rings (SSSR count). The first kappa shape index (κ1) is 16.2. The highest BCUT2D eigenvalue weighted by atomic mass is 79.9. The van der Waals surface area contributed by atoms with E-state index in [-0.39, 0.29) is 11.8 Å². The fourth-order valence-electron chi connectivity index (χ4n) is 2.08. The highest BCUT2D eigenvalue weighted by molar-refractivity contribution is 9.10. The molecule has 2 aromatic rings. The quantitative estimate of drug-likeness (QED) is 0.868. The Morgan fingerprint density at radius 3 is 2.18 bits per heavy atom. The SMILES string of the molecule is CC(=O)Nc1cccc(NC(=O)Cc2ccc(Br)cc2)c1C. The number of benzene rings is 2. The van der Waals surface area contributed by atoms with E-state index in [9.17, 15) is 9.59 Å². The van der Waals surface area contributed by atoms with Gasteiger partial charge in [0.05, 0.1) is 6.42 Å². The summed E-state index contributed by atoms with van der Waals surface area (Å²) in [6.45, 7) is 3.32. The molecule has 2 N–H and O–H groups in total. The van der Waals surface area contributed by atoms with Gasteiger partial charge in [-0.1, -0.05) is 34.1 Å². The van der Waals surface area contributed by atoms with Crippen LogP contribution in [0.2, 0.25) is 0 Å². The van der Waals surface area contributed by atoms with Gasteiger partial charge in [-0.2, -0.15) is 0 Å². The van der Waals surface area contributed by atoms with Crippen molar-refractivity contribution in [3.05, 3.63) is 58.1 Å². The minimum atomic E-state index is -0.138. The normalized spacial score (nSPS) is 10.1. The fraction of sp³-hybridized carbons (Fsp3) is 0.176. The standard InChI is InChI=1S/C17H17BrN2O2/c1-11-15(19-12(2)21)4-3-5-16(11)20-17(22)10-13-6-8-14(18)9-7-13/h3-9H,10H2,1-2H3,(H,19,21)(H,20,22). The van der Waals surface area contributed by atoms with Gasteiger partial charge in [0.15, 0.2) is 0 Å². The molecule has 114 valence electrons. The largest absolute Gasteiger partial charge is 0.326 e. The fourth-order valence-corrected chi connectivity index (χ4v) is 2.34. The van der Waals surface area contributed by atoms with Crippen molar-refractivity contribution in [3.8, 4) is 0 Å². The zero-order valence-corrected chi connectivity index (χ0v) is 14.0. The van der Waals surface area contributed by atoms with Crippen molar-refractivity contribution in [2.75, 3.05) is 10.6 Å². The van der Waals surface area contributed by atoms with E-state index in [0.717, 1.165) is 15.6 Å². The molecule has 0 spiro atoms. The van der Waals surface area contributed by atoms with Crippen LogP contribution in [0.25, 0.3) is 0 Å². The second-order valence-electron chi connectivity index (χ2n) is 5.01. The van der Waals surface area contributed by atoms with Crippen molar-refractivity contribution in [3.63, 3.8) is 0 Å². The lowest BCUT2D eigenvalue weighted by Gasteiger charge is -2.12.